The molecule has 0 bridgehead atoms. The van der Waals surface area contributed by atoms with E-state index < -0.39 is 17.0 Å². The number of allylic oxidation sites excluding steroid dienone is 3. The monoisotopic (exact) mass is 332 g/mol. The molecular weight excluding hydrogens is 304 g/mol. The first-order valence-electron chi connectivity index (χ1n) is 8.91. The van der Waals surface area contributed by atoms with Gasteiger partial charge in [-0.05, 0) is 68.9 Å². The first-order chi connectivity index (χ1) is 11.0. The fraction of sp³-hybridized carbons (Fsp3) is 0.700. The molecule has 24 heavy (non-hydrogen) atoms. The number of fused-ring (bicyclic) bond motifs is 3. The van der Waals surface area contributed by atoms with Crippen LogP contribution < -0.4 is 0 Å². The van der Waals surface area contributed by atoms with Crippen LogP contribution >= 0.6 is 0 Å². The van der Waals surface area contributed by atoms with E-state index in [1.165, 1.54) is 0 Å². The number of aliphatic hydroxyl groups is 1. The molecule has 0 aromatic rings. The van der Waals surface area contributed by atoms with Gasteiger partial charge in [0.1, 0.15) is 0 Å². The first-order valence-corrected chi connectivity index (χ1v) is 8.91. The predicted molar refractivity (Wildman–Crippen MR) is 91.4 cm³/mol. The number of ketones is 1. The van der Waals surface area contributed by atoms with Crippen LogP contribution in [-0.2, 0) is 9.59 Å². The number of aliphatic carboxylic acids is 1. The second-order valence-electron chi connectivity index (χ2n) is 8.87. The van der Waals surface area contributed by atoms with Crippen molar-refractivity contribution < 1.29 is 19.8 Å². The average molecular weight is 332 g/mol. The number of hydrogen-bond donors (Lipinski definition) is 2. The minimum Gasteiger partial charge on any atom is -0.481 e. The van der Waals surface area contributed by atoms with Gasteiger partial charge in [0, 0.05) is 12.0 Å². The molecule has 0 aromatic heterocycles. The number of carboxylic acid groups (broad SMARTS) is 1. The van der Waals surface area contributed by atoms with Crippen LogP contribution in [0.5, 0.6) is 0 Å². The highest BCUT2D eigenvalue weighted by Gasteiger charge is 2.58. The summed E-state index contributed by atoms with van der Waals surface area (Å²) < 4.78 is 0. The van der Waals surface area contributed by atoms with Crippen molar-refractivity contribution in [3.63, 3.8) is 0 Å². The molecule has 2 N–H and O–H groups in total. The Kier molecular flexibility index (Phi) is 3.83. The van der Waals surface area contributed by atoms with Crippen LogP contribution in [0.4, 0.5) is 0 Å². The van der Waals surface area contributed by atoms with Crippen LogP contribution in [0.2, 0.25) is 0 Å². The van der Waals surface area contributed by atoms with Crippen LogP contribution in [0.3, 0.4) is 0 Å². The summed E-state index contributed by atoms with van der Waals surface area (Å²) in [6.07, 6.45) is 7.64. The van der Waals surface area contributed by atoms with Crippen LogP contribution in [0.15, 0.2) is 23.3 Å². The number of rotatable bonds is 2. The topological polar surface area (TPSA) is 74.6 Å². The van der Waals surface area contributed by atoms with E-state index in [1.54, 1.807) is 13.8 Å². The molecule has 4 nitrogen and oxygen atoms in total. The van der Waals surface area contributed by atoms with Gasteiger partial charge in [-0.1, -0.05) is 19.4 Å². The Hall–Kier alpha value is -1.42. The highest BCUT2D eigenvalue weighted by molar-refractivity contribution is 5.99. The Morgan fingerprint density at radius 3 is 2.54 bits per heavy atom. The molecular formula is C20H28O4. The highest BCUT2D eigenvalue weighted by atomic mass is 16.4. The molecule has 3 aliphatic carbocycles. The lowest BCUT2D eigenvalue weighted by Crippen LogP contribution is -2.53. The van der Waals surface area contributed by atoms with Crippen molar-refractivity contribution in [2.75, 3.05) is 0 Å². The van der Waals surface area contributed by atoms with Gasteiger partial charge in [-0.2, -0.15) is 0 Å². The SMILES string of the molecule is CC(C)(O)C1=CC2=CCC3[C@@](C)(CCC[C@]3(C)C(=O)O)C2CC1=O. The van der Waals surface area contributed by atoms with Gasteiger partial charge in [-0.15, -0.1) is 0 Å². The zero-order valence-corrected chi connectivity index (χ0v) is 15.1. The third-order valence-electron chi connectivity index (χ3n) is 6.91. The molecule has 0 spiro atoms. The number of carbonyl (C=O) groups is 2. The Labute approximate surface area is 143 Å². The van der Waals surface area contributed by atoms with E-state index in [4.69, 9.17) is 0 Å². The highest BCUT2D eigenvalue weighted by Crippen LogP contribution is 2.61. The third-order valence-corrected chi connectivity index (χ3v) is 6.91. The molecule has 4 heteroatoms. The van der Waals surface area contributed by atoms with Crippen molar-refractivity contribution in [2.45, 2.75) is 65.4 Å². The van der Waals surface area contributed by atoms with E-state index in [-0.39, 0.29) is 23.0 Å². The minimum atomic E-state index is -1.14. The van der Waals surface area contributed by atoms with Crippen LogP contribution in [0, 0.1) is 22.7 Å². The molecule has 2 unspecified atom stereocenters. The molecule has 0 saturated heterocycles. The minimum absolute atomic E-state index is 0.00544. The molecule has 0 radical (unpaired) electrons. The second-order valence-corrected chi connectivity index (χ2v) is 8.87. The summed E-state index contributed by atoms with van der Waals surface area (Å²) in [4.78, 5) is 24.6. The quantitative estimate of drug-likeness (QED) is 0.811. The van der Waals surface area contributed by atoms with Crippen molar-refractivity contribution in [1.82, 2.24) is 0 Å². The van der Waals surface area contributed by atoms with E-state index in [9.17, 15) is 19.8 Å². The van der Waals surface area contributed by atoms with Crippen molar-refractivity contribution in [2.24, 2.45) is 22.7 Å². The third kappa shape index (κ3) is 2.38. The van der Waals surface area contributed by atoms with Gasteiger partial charge >= 0.3 is 5.97 Å². The van der Waals surface area contributed by atoms with Crippen LogP contribution in [-0.4, -0.2) is 27.6 Å². The lowest BCUT2D eigenvalue weighted by Gasteiger charge is -2.56. The van der Waals surface area contributed by atoms with E-state index in [0.29, 0.717) is 18.4 Å². The van der Waals surface area contributed by atoms with E-state index in [1.807, 2.05) is 13.0 Å². The van der Waals surface area contributed by atoms with E-state index in [2.05, 4.69) is 13.0 Å². The van der Waals surface area contributed by atoms with Crippen LogP contribution in [0.25, 0.3) is 0 Å². The molecule has 4 atom stereocenters. The van der Waals surface area contributed by atoms with Crippen molar-refractivity contribution in [1.29, 1.82) is 0 Å². The van der Waals surface area contributed by atoms with Gasteiger partial charge in [-0.3, -0.25) is 9.59 Å². The lowest BCUT2D eigenvalue weighted by atomic mass is 9.46. The largest absolute Gasteiger partial charge is 0.481 e. The van der Waals surface area contributed by atoms with Gasteiger partial charge in [0.15, 0.2) is 5.78 Å². The van der Waals surface area contributed by atoms with Gasteiger partial charge in [0.2, 0.25) is 0 Å². The molecule has 3 rings (SSSR count). The van der Waals surface area contributed by atoms with E-state index >= 15 is 0 Å². The fourth-order valence-electron chi connectivity index (χ4n) is 5.46. The summed E-state index contributed by atoms with van der Waals surface area (Å²) in [6, 6.07) is 0. The summed E-state index contributed by atoms with van der Waals surface area (Å²) in [6.45, 7) is 7.34. The predicted octanol–water partition coefficient (Wildman–Crippen LogP) is 3.50. The molecule has 0 aromatic carbocycles. The molecule has 1 fully saturated rings. The van der Waals surface area contributed by atoms with Crippen molar-refractivity contribution in [3.05, 3.63) is 23.3 Å². The molecule has 3 aliphatic rings. The zero-order chi connectivity index (χ0) is 17.9. The number of hydrogen-bond acceptors (Lipinski definition) is 3. The lowest BCUT2D eigenvalue weighted by molar-refractivity contribution is -0.162. The summed E-state index contributed by atoms with van der Waals surface area (Å²) in [5, 5.41) is 20.1. The maximum atomic E-state index is 12.6. The second kappa shape index (κ2) is 5.29. The zero-order valence-electron chi connectivity index (χ0n) is 15.1. The molecule has 0 heterocycles. The van der Waals surface area contributed by atoms with Gasteiger partial charge < -0.3 is 10.2 Å². The Bertz CT molecular complexity index is 651. The van der Waals surface area contributed by atoms with Gasteiger partial charge in [0.05, 0.1) is 11.0 Å². The number of Topliss-reactive ketones (excluding diaryl/α,β-unsaturated/α-hetero) is 1. The maximum absolute atomic E-state index is 12.6. The van der Waals surface area contributed by atoms with Gasteiger partial charge in [-0.25, -0.2) is 0 Å². The summed E-state index contributed by atoms with van der Waals surface area (Å²) >= 11 is 0. The first kappa shape index (κ1) is 17.4. The fourth-order valence-corrected chi connectivity index (χ4v) is 5.46. The van der Waals surface area contributed by atoms with Gasteiger partial charge in [0.25, 0.3) is 0 Å². The molecule has 132 valence electrons. The molecule has 0 aliphatic heterocycles. The average Bonchev–Trinajstić information content (AvgIpc) is 2.46. The van der Waals surface area contributed by atoms with Crippen LogP contribution in [0.1, 0.15) is 59.8 Å². The maximum Gasteiger partial charge on any atom is 0.309 e. The normalized spacial score (nSPS) is 39.5. The van der Waals surface area contributed by atoms with Crippen molar-refractivity contribution in [3.8, 4) is 0 Å². The number of carbonyl (C=O) groups excluding carboxylic acids is 1. The Morgan fingerprint density at radius 2 is 1.96 bits per heavy atom. The molecule has 1 saturated carbocycles. The smallest absolute Gasteiger partial charge is 0.309 e. The summed E-state index contributed by atoms with van der Waals surface area (Å²) in [7, 11) is 0. The number of carboxylic acids is 1. The van der Waals surface area contributed by atoms with E-state index in [0.717, 1.165) is 24.8 Å². The molecule has 0 amide bonds. The Balaban J connectivity index is 2.06. The van der Waals surface area contributed by atoms with Crippen molar-refractivity contribution >= 4 is 11.8 Å². The Morgan fingerprint density at radius 1 is 1.29 bits per heavy atom. The summed E-state index contributed by atoms with van der Waals surface area (Å²) in [5.74, 6) is -0.608. The summed E-state index contributed by atoms with van der Waals surface area (Å²) in [5.41, 5.74) is -0.447. The standard InChI is InChI=1S/C20H28O4/c1-18(2,24)14-10-12-6-7-16-19(3,13(12)11-15(14)21)8-5-9-20(16,4)17(22)23/h6,10,13,16,24H,5,7-9,11H2,1-4H3,(H,22,23)/t13?,16?,19-,20-/m0/s1.